The van der Waals surface area contributed by atoms with Gasteiger partial charge in [-0.2, -0.15) is 0 Å². The maximum Gasteiger partial charge on any atom is 0.325 e. The number of hydrogen-bond acceptors (Lipinski definition) is 2. The molecule has 0 aliphatic carbocycles. The van der Waals surface area contributed by atoms with Gasteiger partial charge < -0.3 is 5.32 Å². The van der Waals surface area contributed by atoms with Gasteiger partial charge in [-0.15, -0.1) is 0 Å². The fourth-order valence-electron chi connectivity index (χ4n) is 1.22. The van der Waals surface area contributed by atoms with Crippen LogP contribution in [0.3, 0.4) is 0 Å². The molecule has 0 heterocycles. The van der Waals surface area contributed by atoms with E-state index < -0.39 is 6.03 Å². The third kappa shape index (κ3) is 5.10. The first-order chi connectivity index (χ1) is 8.11. The molecule has 4 nitrogen and oxygen atoms in total. The number of urea groups is 1. The quantitative estimate of drug-likeness (QED) is 0.847. The summed E-state index contributed by atoms with van der Waals surface area (Å²) in [6.07, 6.45) is 1.97. The number of imide groups is 1. The summed E-state index contributed by atoms with van der Waals surface area (Å²) in [6.45, 7) is 1.96. The lowest BCUT2D eigenvalue weighted by atomic mass is 10.2. The number of rotatable bonds is 4. The molecule has 0 radical (unpaired) electrons. The highest BCUT2D eigenvalue weighted by atomic mass is 19.1. The Labute approximate surface area is 99.2 Å². The first-order valence-corrected chi connectivity index (χ1v) is 5.48. The number of nitrogens with one attached hydrogen (secondary N) is 2. The zero-order valence-corrected chi connectivity index (χ0v) is 9.63. The molecule has 0 fully saturated rings. The van der Waals surface area contributed by atoms with Crippen LogP contribution in [0.25, 0.3) is 0 Å². The molecule has 0 bridgehead atoms. The standard InChI is InChI=1S/C12H15FN2O2/c1-2-3-4-11(16)15-12(17)14-10-7-5-9(13)6-8-10/h5-8H,2-4H2,1H3,(H2,14,15,16,17). The Morgan fingerprint density at radius 1 is 1.24 bits per heavy atom. The van der Waals surface area contributed by atoms with E-state index in [-0.39, 0.29) is 11.7 Å². The molecule has 0 aromatic heterocycles. The van der Waals surface area contributed by atoms with Gasteiger partial charge >= 0.3 is 6.03 Å². The van der Waals surface area contributed by atoms with E-state index in [1.807, 2.05) is 6.92 Å². The molecule has 0 atom stereocenters. The summed E-state index contributed by atoms with van der Waals surface area (Å²) in [4.78, 5) is 22.6. The Morgan fingerprint density at radius 2 is 1.88 bits per heavy atom. The zero-order valence-electron chi connectivity index (χ0n) is 9.63. The topological polar surface area (TPSA) is 58.2 Å². The van der Waals surface area contributed by atoms with Gasteiger partial charge in [0.15, 0.2) is 0 Å². The summed E-state index contributed by atoms with van der Waals surface area (Å²) in [5.41, 5.74) is 0.437. The Kier molecular flexibility index (Phi) is 5.13. The van der Waals surface area contributed by atoms with Crippen molar-refractivity contribution in [3.63, 3.8) is 0 Å². The molecule has 17 heavy (non-hydrogen) atoms. The first-order valence-electron chi connectivity index (χ1n) is 5.48. The van der Waals surface area contributed by atoms with E-state index in [1.165, 1.54) is 24.3 Å². The lowest BCUT2D eigenvalue weighted by Gasteiger charge is -2.06. The number of hydrogen-bond donors (Lipinski definition) is 2. The molecule has 0 saturated heterocycles. The highest BCUT2D eigenvalue weighted by Gasteiger charge is 2.06. The van der Waals surface area contributed by atoms with Gasteiger partial charge in [0.25, 0.3) is 0 Å². The number of amides is 3. The van der Waals surface area contributed by atoms with Crippen LogP contribution >= 0.6 is 0 Å². The summed E-state index contributed by atoms with van der Waals surface area (Å²) < 4.78 is 12.6. The molecule has 92 valence electrons. The third-order valence-electron chi connectivity index (χ3n) is 2.11. The van der Waals surface area contributed by atoms with Crippen LogP contribution in [0.1, 0.15) is 26.2 Å². The van der Waals surface area contributed by atoms with Gasteiger partial charge in [0.05, 0.1) is 0 Å². The number of carbonyl (C=O) groups excluding carboxylic acids is 2. The molecule has 2 N–H and O–H groups in total. The molecule has 0 saturated carbocycles. The maximum atomic E-state index is 12.6. The fraction of sp³-hybridized carbons (Fsp3) is 0.333. The van der Waals surface area contributed by atoms with Crippen molar-refractivity contribution in [2.24, 2.45) is 0 Å². The number of halogens is 1. The summed E-state index contributed by atoms with van der Waals surface area (Å²) in [5.74, 6) is -0.693. The van der Waals surface area contributed by atoms with Gasteiger partial charge in [-0.1, -0.05) is 13.3 Å². The lowest BCUT2D eigenvalue weighted by Crippen LogP contribution is -2.34. The van der Waals surface area contributed by atoms with E-state index in [4.69, 9.17) is 0 Å². The SMILES string of the molecule is CCCCC(=O)NC(=O)Nc1ccc(F)cc1. The molecule has 1 aromatic carbocycles. The number of anilines is 1. The van der Waals surface area contributed by atoms with Gasteiger partial charge in [-0.05, 0) is 30.7 Å². The van der Waals surface area contributed by atoms with E-state index >= 15 is 0 Å². The van der Waals surface area contributed by atoms with Gasteiger partial charge in [0, 0.05) is 12.1 Å². The van der Waals surface area contributed by atoms with Crippen molar-refractivity contribution >= 4 is 17.6 Å². The largest absolute Gasteiger partial charge is 0.325 e. The molecule has 1 rings (SSSR count). The molecule has 0 aliphatic heterocycles. The highest BCUT2D eigenvalue weighted by molar-refractivity contribution is 6.01. The smallest absolute Gasteiger partial charge is 0.308 e. The minimum absolute atomic E-state index is 0.313. The van der Waals surface area contributed by atoms with Gasteiger partial charge in [-0.25, -0.2) is 9.18 Å². The summed E-state index contributed by atoms with van der Waals surface area (Å²) in [6, 6.07) is 4.71. The van der Waals surface area contributed by atoms with Gasteiger partial charge in [-0.3, -0.25) is 10.1 Å². The van der Waals surface area contributed by atoms with Gasteiger partial charge in [0.2, 0.25) is 5.91 Å². The fourth-order valence-corrected chi connectivity index (χ4v) is 1.22. The van der Waals surface area contributed by atoms with Crippen LogP contribution in [-0.2, 0) is 4.79 Å². The number of carbonyl (C=O) groups is 2. The van der Waals surface area contributed by atoms with Crippen molar-refractivity contribution < 1.29 is 14.0 Å². The Morgan fingerprint density at radius 3 is 2.47 bits per heavy atom. The minimum atomic E-state index is -0.599. The molecule has 0 spiro atoms. The first kappa shape index (κ1) is 13.2. The van der Waals surface area contributed by atoms with E-state index in [2.05, 4.69) is 10.6 Å². The van der Waals surface area contributed by atoms with Crippen LogP contribution in [0.15, 0.2) is 24.3 Å². The van der Waals surface area contributed by atoms with Crippen LogP contribution in [0.2, 0.25) is 0 Å². The Balaban J connectivity index is 2.39. The summed E-state index contributed by atoms with van der Waals surface area (Å²) in [5, 5.41) is 4.63. The highest BCUT2D eigenvalue weighted by Crippen LogP contribution is 2.07. The van der Waals surface area contributed by atoms with E-state index in [0.717, 1.165) is 12.8 Å². The summed E-state index contributed by atoms with van der Waals surface area (Å²) in [7, 11) is 0. The lowest BCUT2D eigenvalue weighted by molar-refractivity contribution is -0.120. The zero-order chi connectivity index (χ0) is 12.7. The molecule has 0 unspecified atom stereocenters. The predicted molar refractivity (Wildman–Crippen MR) is 63.1 cm³/mol. The molecular formula is C12H15FN2O2. The van der Waals surface area contributed by atoms with Crippen molar-refractivity contribution in [3.8, 4) is 0 Å². The van der Waals surface area contributed by atoms with Crippen LogP contribution < -0.4 is 10.6 Å². The maximum absolute atomic E-state index is 12.6. The van der Waals surface area contributed by atoms with E-state index in [9.17, 15) is 14.0 Å². The van der Waals surface area contributed by atoms with E-state index in [0.29, 0.717) is 12.1 Å². The van der Waals surface area contributed by atoms with Crippen molar-refractivity contribution in [2.75, 3.05) is 5.32 Å². The molecule has 3 amide bonds. The predicted octanol–water partition coefficient (Wildman–Crippen LogP) is 2.66. The normalized spacial score (nSPS) is 9.76. The average molecular weight is 238 g/mol. The van der Waals surface area contributed by atoms with Gasteiger partial charge in [0.1, 0.15) is 5.82 Å². The Hall–Kier alpha value is -1.91. The summed E-state index contributed by atoms with van der Waals surface area (Å²) >= 11 is 0. The van der Waals surface area contributed by atoms with Crippen LogP contribution in [0.5, 0.6) is 0 Å². The average Bonchev–Trinajstić information content (AvgIpc) is 2.29. The van der Waals surface area contributed by atoms with E-state index in [1.54, 1.807) is 0 Å². The number of benzene rings is 1. The van der Waals surface area contributed by atoms with Crippen molar-refractivity contribution in [1.29, 1.82) is 0 Å². The van der Waals surface area contributed by atoms with Crippen LogP contribution in [0.4, 0.5) is 14.9 Å². The molecule has 1 aromatic rings. The monoisotopic (exact) mass is 238 g/mol. The van der Waals surface area contributed by atoms with Crippen LogP contribution in [-0.4, -0.2) is 11.9 Å². The van der Waals surface area contributed by atoms with Crippen molar-refractivity contribution in [1.82, 2.24) is 5.32 Å². The van der Waals surface area contributed by atoms with Crippen molar-refractivity contribution in [2.45, 2.75) is 26.2 Å². The second kappa shape index (κ2) is 6.62. The molecule has 0 aliphatic rings. The number of unbranched alkanes of at least 4 members (excludes halogenated alkanes) is 1. The second-order valence-electron chi connectivity index (χ2n) is 3.61. The minimum Gasteiger partial charge on any atom is -0.308 e. The third-order valence-corrected chi connectivity index (χ3v) is 2.11. The van der Waals surface area contributed by atoms with Crippen LogP contribution in [0, 0.1) is 5.82 Å². The Bertz CT molecular complexity index is 390. The van der Waals surface area contributed by atoms with Crippen molar-refractivity contribution in [3.05, 3.63) is 30.1 Å². The molecular weight excluding hydrogens is 223 g/mol. The second-order valence-corrected chi connectivity index (χ2v) is 3.61. The molecule has 5 heteroatoms.